The van der Waals surface area contributed by atoms with Gasteiger partial charge in [0.05, 0.1) is 0 Å². The maximum absolute atomic E-state index is 0. The third kappa shape index (κ3) is 116. The van der Waals surface area contributed by atoms with E-state index in [1.807, 2.05) is 0 Å². The van der Waals surface area contributed by atoms with Gasteiger partial charge in [0, 0.05) is 49.4 Å². The average molecular weight is 260 g/mol. The van der Waals surface area contributed by atoms with Crippen molar-refractivity contribution < 1.29 is 82.2 Å². The first kappa shape index (κ1) is 249. The monoisotopic (exact) mass is 261 g/mol. The fourth-order valence-electron chi connectivity index (χ4n) is 0. The van der Waals surface area contributed by atoms with Gasteiger partial charge in [-0.3, -0.25) is 0 Å². The van der Waals surface area contributed by atoms with Crippen molar-refractivity contribution in [2.75, 3.05) is 0 Å². The topological polar surface area (TPSA) is 189 Å². The van der Waals surface area contributed by atoms with Crippen LogP contribution >= 0.6 is 0 Å². The van der Waals surface area contributed by atoms with Crippen LogP contribution in [0.15, 0.2) is 0 Å². The van der Waals surface area contributed by atoms with Crippen molar-refractivity contribution in [2.45, 2.75) is 0 Å². The van der Waals surface area contributed by atoms with Crippen molar-refractivity contribution in [1.29, 1.82) is 0 Å². The number of hydrogen-bond donors (Lipinski definition) is 0. The summed E-state index contributed by atoms with van der Waals surface area (Å²) < 4.78 is 0. The fourth-order valence-corrected chi connectivity index (χ4v) is 0. The summed E-state index contributed by atoms with van der Waals surface area (Å²) in [5, 5.41) is 0. The van der Waals surface area contributed by atoms with Crippen LogP contribution in [0.5, 0.6) is 0 Å². The zero-order chi connectivity index (χ0) is 0. The molecule has 0 aromatic carbocycles. The molecule has 0 bridgehead atoms. The summed E-state index contributed by atoms with van der Waals surface area (Å²) >= 11 is 0. The van der Waals surface area contributed by atoms with Gasteiger partial charge in [-0.25, -0.2) is 0 Å². The maximum Gasteiger partial charge on any atom is 0 e. The molecule has 12 N–H and O–H groups in total. The molecule has 0 unspecified atom stereocenters. The normalized spacial score (nSPS) is 0. The Hall–Kier alpha value is 1.34. The van der Waals surface area contributed by atoms with Crippen LogP contribution in [0.25, 0.3) is 0 Å². The van der Waals surface area contributed by atoms with E-state index in [1.54, 1.807) is 0 Å². The smallest absolute Gasteiger partial charge is 0 e. The number of hydrogen-bond acceptors (Lipinski definition) is 0. The Kier molecular flexibility index (Phi) is 5820. The second-order valence-electron chi connectivity index (χ2n) is 0. The number of rotatable bonds is 0. The fraction of sp³-hybridized carbons (Fsp3) is 0. The minimum atomic E-state index is 0. The first-order valence-corrected chi connectivity index (χ1v) is 0. The minimum Gasteiger partial charge on any atom is -0.412 e. The quantitative estimate of drug-likeness (QED) is 0.403. The summed E-state index contributed by atoms with van der Waals surface area (Å²) in [6.45, 7) is 0. The van der Waals surface area contributed by atoms with Crippen molar-refractivity contribution >= 4 is 0 Å². The average Bonchev–Trinajstić information content (AvgIpc) is 0. The van der Waals surface area contributed by atoms with Crippen LogP contribution in [0.1, 0.15) is 0 Å². The summed E-state index contributed by atoms with van der Waals surface area (Å²) in [4.78, 5) is 0. The molecule has 0 saturated carbocycles. The Morgan fingerprint density at radius 2 is 0.286 bits per heavy atom. The van der Waals surface area contributed by atoms with E-state index in [0.717, 1.165) is 0 Å². The van der Waals surface area contributed by atoms with Crippen molar-refractivity contribution in [3.05, 3.63) is 0 Å². The molecule has 0 spiro atoms. The van der Waals surface area contributed by atoms with Gasteiger partial charge in [0.25, 0.3) is 0 Å². The van der Waals surface area contributed by atoms with Crippen LogP contribution in [0, 0.1) is 49.4 Å². The third-order valence-corrected chi connectivity index (χ3v) is 0. The van der Waals surface area contributed by atoms with E-state index in [-0.39, 0.29) is 82.2 Å². The van der Waals surface area contributed by atoms with Gasteiger partial charge in [-0.15, -0.1) is 0 Å². The van der Waals surface area contributed by atoms with Gasteiger partial charge in [-0.2, -0.15) is 0 Å². The molecule has 0 fully saturated rings. The van der Waals surface area contributed by atoms with E-state index in [0.29, 0.717) is 0 Å². The van der Waals surface area contributed by atoms with Crippen molar-refractivity contribution in [1.82, 2.24) is 0 Å². The van der Waals surface area contributed by atoms with E-state index in [9.17, 15) is 0 Å². The second kappa shape index (κ2) is 164. The van der Waals surface area contributed by atoms with Crippen LogP contribution in [-0.2, 0) is 0 Å². The van der Waals surface area contributed by atoms with E-state index in [2.05, 4.69) is 0 Å². The SMILES string of the molecule is O.O.O.O.O.O.[Eu]. The Balaban J connectivity index is 0. The molecule has 0 aliphatic carbocycles. The van der Waals surface area contributed by atoms with Crippen LogP contribution in [0.4, 0.5) is 0 Å². The minimum absolute atomic E-state index is 0. The molecule has 0 aromatic rings. The molecule has 1 radical (unpaired) electrons. The molecular formula is H12EuO6. The molecule has 0 rings (SSSR count). The van der Waals surface area contributed by atoms with E-state index < -0.39 is 0 Å². The summed E-state index contributed by atoms with van der Waals surface area (Å²) in [6, 6.07) is 0. The predicted molar refractivity (Wildman–Crippen MR) is 21.7 cm³/mol. The van der Waals surface area contributed by atoms with Crippen molar-refractivity contribution in [3.8, 4) is 0 Å². The summed E-state index contributed by atoms with van der Waals surface area (Å²) in [5.41, 5.74) is 0. The Bertz CT molecular complexity index is 4.14. The third-order valence-electron chi connectivity index (χ3n) is 0. The van der Waals surface area contributed by atoms with Gasteiger partial charge in [-0.05, 0) is 0 Å². The molecule has 0 saturated heterocycles. The standard InChI is InChI=1S/Eu.6H2O/h;6*1H2. The van der Waals surface area contributed by atoms with Gasteiger partial charge in [0.2, 0.25) is 0 Å². The van der Waals surface area contributed by atoms with Crippen LogP contribution in [0.2, 0.25) is 0 Å². The summed E-state index contributed by atoms with van der Waals surface area (Å²) in [5.74, 6) is 0. The van der Waals surface area contributed by atoms with Gasteiger partial charge >= 0.3 is 0 Å². The van der Waals surface area contributed by atoms with Gasteiger partial charge < -0.3 is 32.9 Å². The zero-order valence-corrected chi connectivity index (χ0v) is 5.80. The van der Waals surface area contributed by atoms with E-state index >= 15 is 0 Å². The molecular weight excluding hydrogens is 248 g/mol. The van der Waals surface area contributed by atoms with E-state index in [4.69, 9.17) is 0 Å². The first-order chi connectivity index (χ1) is 0. The summed E-state index contributed by atoms with van der Waals surface area (Å²) in [7, 11) is 0. The molecule has 6 nitrogen and oxygen atoms in total. The van der Waals surface area contributed by atoms with Crippen molar-refractivity contribution in [2.24, 2.45) is 0 Å². The van der Waals surface area contributed by atoms with Crippen molar-refractivity contribution in [3.63, 3.8) is 0 Å². The Morgan fingerprint density at radius 3 is 0.286 bits per heavy atom. The molecule has 0 amide bonds. The van der Waals surface area contributed by atoms with Gasteiger partial charge in [0.15, 0.2) is 0 Å². The Labute approximate surface area is 81.3 Å². The molecule has 0 atom stereocenters. The molecule has 7 heteroatoms. The van der Waals surface area contributed by atoms with Crippen LogP contribution < -0.4 is 0 Å². The first-order valence-electron chi connectivity index (χ1n) is 0. The van der Waals surface area contributed by atoms with Gasteiger partial charge in [-0.1, -0.05) is 0 Å². The van der Waals surface area contributed by atoms with Gasteiger partial charge in [0.1, 0.15) is 0 Å². The molecule has 55 valence electrons. The zero-order valence-electron chi connectivity index (χ0n) is 3.38. The molecule has 7 heavy (non-hydrogen) atoms. The largest absolute Gasteiger partial charge is 0.412 e. The molecule has 0 heterocycles. The van der Waals surface area contributed by atoms with E-state index in [1.165, 1.54) is 0 Å². The molecule has 0 aliphatic heterocycles. The van der Waals surface area contributed by atoms with Crippen LogP contribution in [-0.4, -0.2) is 32.9 Å². The Morgan fingerprint density at radius 1 is 0.286 bits per heavy atom. The summed E-state index contributed by atoms with van der Waals surface area (Å²) in [6.07, 6.45) is 0. The predicted octanol–water partition coefficient (Wildman–Crippen LogP) is -4.95. The molecule has 0 aliphatic rings. The maximum atomic E-state index is 0. The second-order valence-corrected chi connectivity index (χ2v) is 0. The van der Waals surface area contributed by atoms with Crippen LogP contribution in [0.3, 0.4) is 0 Å². The molecule has 0 aromatic heterocycles.